The third-order valence-electron chi connectivity index (χ3n) is 5.74. The lowest BCUT2D eigenvalue weighted by molar-refractivity contribution is -0.131. The summed E-state index contributed by atoms with van der Waals surface area (Å²) in [6.45, 7) is 2.88. The third kappa shape index (κ3) is 5.17. The van der Waals surface area contributed by atoms with E-state index >= 15 is 0 Å². The Labute approximate surface area is 188 Å². The third-order valence-corrected chi connectivity index (χ3v) is 5.74. The van der Waals surface area contributed by atoms with E-state index in [0.717, 1.165) is 47.2 Å². The van der Waals surface area contributed by atoms with E-state index in [2.05, 4.69) is 14.9 Å². The largest absolute Gasteiger partial charge is 0.497 e. The van der Waals surface area contributed by atoms with Crippen molar-refractivity contribution in [2.75, 3.05) is 45.3 Å². The first-order valence-corrected chi connectivity index (χ1v) is 10.8. The van der Waals surface area contributed by atoms with Crippen LogP contribution in [0.3, 0.4) is 0 Å². The minimum Gasteiger partial charge on any atom is -0.497 e. The summed E-state index contributed by atoms with van der Waals surface area (Å²) >= 11 is 0. The molecular weight excluding hydrogens is 404 g/mol. The summed E-state index contributed by atoms with van der Waals surface area (Å²) in [5, 5.41) is 0. The van der Waals surface area contributed by atoms with Gasteiger partial charge in [-0.3, -0.25) is 4.79 Å². The van der Waals surface area contributed by atoms with Gasteiger partial charge in [-0.1, -0.05) is 24.3 Å². The Balaban J connectivity index is 1.33. The Hall–Kier alpha value is -3.61. The second kappa shape index (κ2) is 10.1. The maximum atomic E-state index is 12.7. The van der Waals surface area contributed by atoms with E-state index in [1.54, 1.807) is 20.5 Å². The van der Waals surface area contributed by atoms with Gasteiger partial charge in [-0.05, 0) is 36.2 Å². The van der Waals surface area contributed by atoms with Crippen molar-refractivity contribution in [1.29, 1.82) is 0 Å². The number of aromatic nitrogens is 2. The van der Waals surface area contributed by atoms with Crippen LogP contribution in [0.5, 0.6) is 11.5 Å². The number of nitrogens with zero attached hydrogens (tertiary/aromatic N) is 4. The molecule has 166 valence electrons. The van der Waals surface area contributed by atoms with Crippen LogP contribution in [-0.2, 0) is 11.2 Å². The minimum atomic E-state index is 0.187. The van der Waals surface area contributed by atoms with Crippen molar-refractivity contribution >= 4 is 11.7 Å². The van der Waals surface area contributed by atoms with E-state index in [9.17, 15) is 4.79 Å². The number of aryl methyl sites for hydroxylation is 1. The van der Waals surface area contributed by atoms with E-state index in [1.807, 2.05) is 59.5 Å². The molecular formula is C25H28N4O3. The van der Waals surface area contributed by atoms with Crippen LogP contribution in [0.25, 0.3) is 11.3 Å². The van der Waals surface area contributed by atoms with Crippen molar-refractivity contribution in [2.45, 2.75) is 12.8 Å². The highest BCUT2D eigenvalue weighted by Gasteiger charge is 2.22. The van der Waals surface area contributed by atoms with Gasteiger partial charge in [0.2, 0.25) is 5.91 Å². The fourth-order valence-corrected chi connectivity index (χ4v) is 3.88. The van der Waals surface area contributed by atoms with Crippen molar-refractivity contribution < 1.29 is 14.3 Å². The van der Waals surface area contributed by atoms with Gasteiger partial charge in [-0.25, -0.2) is 9.97 Å². The van der Waals surface area contributed by atoms with Crippen molar-refractivity contribution in [3.63, 3.8) is 0 Å². The molecule has 1 aliphatic rings. The van der Waals surface area contributed by atoms with Gasteiger partial charge < -0.3 is 19.3 Å². The lowest BCUT2D eigenvalue weighted by Gasteiger charge is -2.35. The summed E-state index contributed by atoms with van der Waals surface area (Å²) in [6, 6.07) is 17.7. The van der Waals surface area contributed by atoms with Gasteiger partial charge in [0.05, 0.1) is 19.9 Å². The van der Waals surface area contributed by atoms with Crippen molar-refractivity contribution in [3.05, 3.63) is 66.5 Å². The Morgan fingerprint density at radius 1 is 0.906 bits per heavy atom. The number of carbonyl (C=O) groups is 1. The standard InChI is InChI=1S/C25H28N4O3/c1-31-21-7-3-5-19(15-21)9-10-25(30)29-13-11-28(12-14-29)24-17-23(26-18-27-24)20-6-4-8-22(16-20)32-2/h3-8,15-18H,9-14H2,1-2H3. The molecule has 1 amide bonds. The Kier molecular flexibility index (Phi) is 6.84. The van der Waals surface area contributed by atoms with Crippen LogP contribution < -0.4 is 14.4 Å². The summed E-state index contributed by atoms with van der Waals surface area (Å²) in [5.74, 6) is 2.68. The quantitative estimate of drug-likeness (QED) is 0.570. The monoisotopic (exact) mass is 432 g/mol. The fourth-order valence-electron chi connectivity index (χ4n) is 3.88. The normalized spacial score (nSPS) is 13.7. The molecule has 0 spiro atoms. The van der Waals surface area contributed by atoms with Crippen LogP contribution >= 0.6 is 0 Å². The summed E-state index contributed by atoms with van der Waals surface area (Å²) in [7, 11) is 3.31. The number of piperazine rings is 1. The number of rotatable bonds is 7. The molecule has 3 aromatic rings. The lowest BCUT2D eigenvalue weighted by Crippen LogP contribution is -2.49. The van der Waals surface area contributed by atoms with E-state index in [1.165, 1.54) is 0 Å². The molecule has 2 aromatic carbocycles. The molecule has 0 atom stereocenters. The molecule has 0 unspecified atom stereocenters. The molecule has 0 radical (unpaired) electrons. The summed E-state index contributed by atoms with van der Waals surface area (Å²) in [4.78, 5) is 25.7. The fraction of sp³-hybridized carbons (Fsp3) is 0.320. The van der Waals surface area contributed by atoms with Crippen LogP contribution in [0.4, 0.5) is 5.82 Å². The van der Waals surface area contributed by atoms with Crippen molar-refractivity contribution in [2.24, 2.45) is 0 Å². The van der Waals surface area contributed by atoms with Gasteiger partial charge in [0.15, 0.2) is 0 Å². The summed E-state index contributed by atoms with van der Waals surface area (Å²) < 4.78 is 10.6. The van der Waals surface area contributed by atoms with Gasteiger partial charge in [-0.2, -0.15) is 0 Å². The maximum absolute atomic E-state index is 12.7. The Morgan fingerprint density at radius 3 is 2.38 bits per heavy atom. The van der Waals surface area contributed by atoms with E-state index < -0.39 is 0 Å². The minimum absolute atomic E-state index is 0.187. The number of hydrogen-bond donors (Lipinski definition) is 0. The number of amides is 1. The van der Waals surface area contributed by atoms with Crippen LogP contribution in [0.2, 0.25) is 0 Å². The first kappa shape index (κ1) is 21.6. The number of methoxy groups -OCH3 is 2. The van der Waals surface area contributed by atoms with Crippen molar-refractivity contribution in [3.8, 4) is 22.8 Å². The molecule has 1 saturated heterocycles. The second-order valence-corrected chi connectivity index (χ2v) is 7.71. The van der Waals surface area contributed by atoms with E-state index in [0.29, 0.717) is 25.9 Å². The molecule has 4 rings (SSSR count). The highest BCUT2D eigenvalue weighted by atomic mass is 16.5. The number of benzene rings is 2. The van der Waals surface area contributed by atoms with Gasteiger partial charge in [-0.15, -0.1) is 0 Å². The molecule has 1 aromatic heterocycles. The second-order valence-electron chi connectivity index (χ2n) is 7.71. The van der Waals surface area contributed by atoms with E-state index in [-0.39, 0.29) is 5.91 Å². The Morgan fingerprint density at radius 2 is 1.62 bits per heavy atom. The van der Waals surface area contributed by atoms with Gasteiger partial charge >= 0.3 is 0 Å². The Bertz CT molecular complexity index is 1060. The molecule has 1 fully saturated rings. The van der Waals surface area contributed by atoms with Crippen LogP contribution in [0, 0.1) is 0 Å². The van der Waals surface area contributed by atoms with Crippen LogP contribution in [0.1, 0.15) is 12.0 Å². The predicted octanol–water partition coefficient (Wildman–Crippen LogP) is 3.44. The first-order valence-electron chi connectivity index (χ1n) is 10.8. The molecule has 7 nitrogen and oxygen atoms in total. The average Bonchev–Trinajstić information content (AvgIpc) is 2.87. The predicted molar refractivity (Wildman–Crippen MR) is 124 cm³/mol. The first-order chi connectivity index (χ1) is 15.7. The van der Waals surface area contributed by atoms with Gasteiger partial charge in [0, 0.05) is 44.2 Å². The van der Waals surface area contributed by atoms with Gasteiger partial charge in [0.1, 0.15) is 23.6 Å². The maximum Gasteiger partial charge on any atom is 0.223 e. The summed E-state index contributed by atoms with van der Waals surface area (Å²) in [5.41, 5.74) is 2.95. The zero-order valence-electron chi connectivity index (χ0n) is 18.5. The highest BCUT2D eigenvalue weighted by molar-refractivity contribution is 5.77. The van der Waals surface area contributed by atoms with Gasteiger partial charge in [0.25, 0.3) is 0 Å². The number of anilines is 1. The smallest absolute Gasteiger partial charge is 0.223 e. The number of ether oxygens (including phenoxy) is 2. The SMILES string of the molecule is COc1cccc(CCC(=O)N2CCN(c3cc(-c4cccc(OC)c4)ncn3)CC2)c1. The molecule has 0 aliphatic carbocycles. The molecule has 32 heavy (non-hydrogen) atoms. The van der Waals surface area contributed by atoms with Crippen molar-refractivity contribution in [1.82, 2.24) is 14.9 Å². The molecule has 0 N–H and O–H groups in total. The topological polar surface area (TPSA) is 67.8 Å². The lowest BCUT2D eigenvalue weighted by atomic mass is 10.1. The zero-order chi connectivity index (χ0) is 22.3. The number of hydrogen-bond acceptors (Lipinski definition) is 6. The molecule has 7 heteroatoms. The van der Waals surface area contributed by atoms with Crippen LogP contribution in [-0.4, -0.2) is 61.2 Å². The molecule has 1 aliphatic heterocycles. The molecule has 0 bridgehead atoms. The van der Waals surface area contributed by atoms with E-state index in [4.69, 9.17) is 9.47 Å². The molecule has 0 saturated carbocycles. The zero-order valence-corrected chi connectivity index (χ0v) is 18.5. The summed E-state index contributed by atoms with van der Waals surface area (Å²) in [6.07, 6.45) is 2.81. The van der Waals surface area contributed by atoms with Crippen LogP contribution in [0.15, 0.2) is 60.9 Å². The highest BCUT2D eigenvalue weighted by Crippen LogP contribution is 2.25. The average molecular weight is 433 g/mol. The molecule has 2 heterocycles. The number of carbonyl (C=O) groups excluding carboxylic acids is 1.